The molecule has 1 heterocycles. The first-order valence-corrected chi connectivity index (χ1v) is 7.88. The van der Waals surface area contributed by atoms with E-state index in [9.17, 15) is 9.59 Å². The fraction of sp³-hybridized carbons (Fsp3) is 0.529. The number of nitrogens with zero attached hydrogens (tertiary/aromatic N) is 1. The Bertz CT molecular complexity index is 490. The van der Waals surface area contributed by atoms with Crippen LogP contribution in [0.1, 0.15) is 43.0 Å². The molecule has 0 unspecified atom stereocenters. The maximum absolute atomic E-state index is 12.1. The number of esters is 1. The lowest BCUT2D eigenvalue weighted by atomic mass is 10.2. The Morgan fingerprint density at radius 1 is 1.05 bits per heavy atom. The van der Waals surface area contributed by atoms with Gasteiger partial charge in [-0.15, -0.1) is 0 Å². The summed E-state index contributed by atoms with van der Waals surface area (Å²) in [6.07, 6.45) is 4.38. The van der Waals surface area contributed by atoms with Crippen molar-refractivity contribution in [3.63, 3.8) is 0 Å². The van der Waals surface area contributed by atoms with Crippen LogP contribution in [-0.2, 0) is 9.53 Å². The first kappa shape index (κ1) is 16.3. The van der Waals surface area contributed by atoms with Crippen molar-refractivity contribution in [1.82, 2.24) is 4.90 Å². The second-order valence-electron chi connectivity index (χ2n) is 5.33. The summed E-state index contributed by atoms with van der Waals surface area (Å²) in [6, 6.07) is 6.72. The molecular weight excluding hydrogens is 282 g/mol. The predicted molar refractivity (Wildman–Crippen MR) is 82.9 cm³/mol. The first-order valence-electron chi connectivity index (χ1n) is 7.88. The maximum Gasteiger partial charge on any atom is 0.338 e. The van der Waals surface area contributed by atoms with Crippen LogP contribution in [0.3, 0.4) is 0 Å². The minimum absolute atomic E-state index is 0.110. The van der Waals surface area contributed by atoms with Gasteiger partial charge in [0.15, 0.2) is 6.61 Å². The summed E-state index contributed by atoms with van der Waals surface area (Å²) in [6.45, 7) is 3.82. The zero-order chi connectivity index (χ0) is 15.8. The van der Waals surface area contributed by atoms with Crippen LogP contribution in [0.25, 0.3) is 0 Å². The van der Waals surface area contributed by atoms with Gasteiger partial charge in [-0.3, -0.25) is 4.79 Å². The normalized spacial score (nSPS) is 15.0. The third-order valence-corrected chi connectivity index (χ3v) is 3.69. The second kappa shape index (κ2) is 8.41. The minimum Gasteiger partial charge on any atom is -0.494 e. The fourth-order valence-electron chi connectivity index (χ4n) is 2.48. The highest BCUT2D eigenvalue weighted by molar-refractivity contribution is 5.91. The van der Waals surface area contributed by atoms with Gasteiger partial charge in [-0.05, 0) is 44.0 Å². The zero-order valence-electron chi connectivity index (χ0n) is 13.0. The van der Waals surface area contributed by atoms with Crippen molar-refractivity contribution in [2.24, 2.45) is 0 Å². The molecule has 0 atom stereocenters. The molecule has 0 N–H and O–H groups in total. The molecule has 2 rings (SSSR count). The van der Waals surface area contributed by atoms with Crippen molar-refractivity contribution in [1.29, 1.82) is 0 Å². The summed E-state index contributed by atoms with van der Waals surface area (Å²) in [5, 5.41) is 0. The molecule has 1 aliphatic rings. The average molecular weight is 305 g/mol. The van der Waals surface area contributed by atoms with Crippen LogP contribution in [0.2, 0.25) is 0 Å². The van der Waals surface area contributed by atoms with Crippen molar-refractivity contribution < 1.29 is 19.1 Å². The number of hydrogen-bond acceptors (Lipinski definition) is 4. The van der Waals surface area contributed by atoms with Gasteiger partial charge >= 0.3 is 5.97 Å². The van der Waals surface area contributed by atoms with Crippen LogP contribution >= 0.6 is 0 Å². The molecule has 0 radical (unpaired) electrons. The summed E-state index contributed by atoms with van der Waals surface area (Å²) >= 11 is 0. The molecule has 22 heavy (non-hydrogen) atoms. The van der Waals surface area contributed by atoms with Crippen LogP contribution in [-0.4, -0.2) is 43.1 Å². The molecule has 1 aliphatic heterocycles. The highest BCUT2D eigenvalue weighted by Crippen LogP contribution is 2.13. The summed E-state index contributed by atoms with van der Waals surface area (Å²) in [7, 11) is 0. The number of ether oxygens (including phenoxy) is 2. The lowest BCUT2D eigenvalue weighted by Gasteiger charge is -2.19. The zero-order valence-corrected chi connectivity index (χ0v) is 13.0. The first-order chi connectivity index (χ1) is 10.7. The fourth-order valence-corrected chi connectivity index (χ4v) is 2.48. The van der Waals surface area contributed by atoms with E-state index in [1.165, 1.54) is 0 Å². The van der Waals surface area contributed by atoms with E-state index in [2.05, 4.69) is 0 Å². The molecule has 1 fully saturated rings. The van der Waals surface area contributed by atoms with E-state index in [-0.39, 0.29) is 12.5 Å². The van der Waals surface area contributed by atoms with E-state index < -0.39 is 5.97 Å². The van der Waals surface area contributed by atoms with E-state index in [1.807, 2.05) is 6.92 Å². The Morgan fingerprint density at radius 2 is 1.68 bits per heavy atom. The smallest absolute Gasteiger partial charge is 0.338 e. The van der Waals surface area contributed by atoms with E-state index in [4.69, 9.17) is 9.47 Å². The van der Waals surface area contributed by atoms with Crippen molar-refractivity contribution in [3.05, 3.63) is 29.8 Å². The molecule has 5 nitrogen and oxygen atoms in total. The molecule has 1 amide bonds. The summed E-state index contributed by atoms with van der Waals surface area (Å²) in [4.78, 5) is 25.8. The van der Waals surface area contributed by atoms with Gasteiger partial charge in [0.1, 0.15) is 5.75 Å². The Labute approximate surface area is 131 Å². The van der Waals surface area contributed by atoms with Crippen molar-refractivity contribution in [2.45, 2.75) is 32.6 Å². The molecule has 1 aromatic rings. The molecule has 1 saturated heterocycles. The highest BCUT2D eigenvalue weighted by atomic mass is 16.5. The lowest BCUT2D eigenvalue weighted by Crippen LogP contribution is -2.35. The van der Waals surface area contributed by atoms with Crippen LogP contribution in [0.4, 0.5) is 0 Å². The van der Waals surface area contributed by atoms with E-state index in [0.717, 1.165) is 38.8 Å². The topological polar surface area (TPSA) is 55.8 Å². The van der Waals surface area contributed by atoms with Gasteiger partial charge in [-0.25, -0.2) is 4.79 Å². The monoisotopic (exact) mass is 305 g/mol. The molecule has 0 aromatic heterocycles. The van der Waals surface area contributed by atoms with E-state index in [1.54, 1.807) is 29.2 Å². The molecule has 5 heteroatoms. The third-order valence-electron chi connectivity index (χ3n) is 3.69. The minimum atomic E-state index is -0.480. The van der Waals surface area contributed by atoms with Gasteiger partial charge in [0.05, 0.1) is 12.2 Å². The Hall–Kier alpha value is -2.04. The summed E-state index contributed by atoms with van der Waals surface area (Å²) < 4.78 is 10.4. The van der Waals surface area contributed by atoms with E-state index >= 15 is 0 Å². The lowest BCUT2D eigenvalue weighted by molar-refractivity contribution is -0.134. The van der Waals surface area contributed by atoms with Crippen molar-refractivity contribution >= 4 is 11.9 Å². The van der Waals surface area contributed by atoms with Gasteiger partial charge in [0, 0.05) is 13.1 Å². The van der Waals surface area contributed by atoms with Crippen molar-refractivity contribution in [2.75, 3.05) is 26.3 Å². The number of likely N-dealkylation sites (tertiary alicyclic amines) is 1. The van der Waals surface area contributed by atoms with Gasteiger partial charge < -0.3 is 14.4 Å². The largest absolute Gasteiger partial charge is 0.494 e. The molecule has 0 bridgehead atoms. The number of benzene rings is 1. The van der Waals surface area contributed by atoms with Gasteiger partial charge in [-0.1, -0.05) is 12.8 Å². The standard InChI is InChI=1S/C17H23NO4/c1-2-21-15-9-7-14(8-10-15)17(20)22-13-16(19)18-11-5-3-4-6-12-18/h7-10H,2-6,11-13H2,1H3. The highest BCUT2D eigenvalue weighted by Gasteiger charge is 2.17. The third kappa shape index (κ3) is 4.76. The Balaban J connectivity index is 1.82. The summed E-state index contributed by atoms with van der Waals surface area (Å²) in [5.41, 5.74) is 0.423. The van der Waals surface area contributed by atoms with Crippen molar-refractivity contribution in [3.8, 4) is 5.75 Å². The average Bonchev–Trinajstić information content (AvgIpc) is 2.82. The molecule has 120 valence electrons. The van der Waals surface area contributed by atoms with Gasteiger partial charge in [0.2, 0.25) is 0 Å². The molecule has 0 saturated carbocycles. The predicted octanol–water partition coefficient (Wildman–Crippen LogP) is 2.64. The maximum atomic E-state index is 12.1. The van der Waals surface area contributed by atoms with Crippen LogP contribution < -0.4 is 4.74 Å². The van der Waals surface area contributed by atoms with Gasteiger partial charge in [-0.2, -0.15) is 0 Å². The SMILES string of the molecule is CCOc1ccc(C(=O)OCC(=O)N2CCCCCC2)cc1. The summed E-state index contributed by atoms with van der Waals surface area (Å²) in [5.74, 6) is 0.118. The van der Waals surface area contributed by atoms with Crippen LogP contribution in [0, 0.1) is 0 Å². The number of carbonyl (C=O) groups is 2. The number of amides is 1. The second-order valence-corrected chi connectivity index (χ2v) is 5.33. The van der Waals surface area contributed by atoms with Crippen LogP contribution in [0.5, 0.6) is 5.75 Å². The number of carbonyl (C=O) groups excluding carboxylic acids is 2. The van der Waals surface area contributed by atoms with Gasteiger partial charge in [0.25, 0.3) is 5.91 Å². The number of hydrogen-bond donors (Lipinski definition) is 0. The number of rotatable bonds is 5. The molecule has 0 spiro atoms. The Kier molecular flexibility index (Phi) is 6.25. The Morgan fingerprint density at radius 3 is 2.27 bits per heavy atom. The molecular formula is C17H23NO4. The van der Waals surface area contributed by atoms with Crippen LogP contribution in [0.15, 0.2) is 24.3 Å². The molecule has 0 aliphatic carbocycles. The van der Waals surface area contributed by atoms with E-state index in [0.29, 0.717) is 17.9 Å². The molecule has 1 aromatic carbocycles. The quantitative estimate of drug-likeness (QED) is 0.785.